The maximum atomic E-state index is 5.94. The monoisotopic (exact) mass is 229 g/mol. The number of rotatable bonds is 2. The summed E-state index contributed by atoms with van der Waals surface area (Å²) in [5.74, 6) is 6.90. The van der Waals surface area contributed by atoms with Gasteiger partial charge in [0.1, 0.15) is 5.75 Å². The van der Waals surface area contributed by atoms with Crippen molar-refractivity contribution < 1.29 is 4.74 Å². The third-order valence-electron chi connectivity index (χ3n) is 3.13. The minimum atomic E-state index is 0.403. The second-order valence-electron chi connectivity index (χ2n) is 4.51. The summed E-state index contributed by atoms with van der Waals surface area (Å²) >= 11 is 0. The van der Waals surface area contributed by atoms with E-state index in [1.807, 2.05) is 12.1 Å². The summed E-state index contributed by atoms with van der Waals surface area (Å²) in [6.07, 6.45) is 5.38. The lowest BCUT2D eigenvalue weighted by atomic mass is 10.1. The van der Waals surface area contributed by atoms with Gasteiger partial charge in [-0.2, -0.15) is 0 Å². The molecule has 90 valence electrons. The lowest BCUT2D eigenvalue weighted by Gasteiger charge is -2.13. The van der Waals surface area contributed by atoms with Crippen molar-refractivity contribution in [2.75, 3.05) is 6.54 Å². The van der Waals surface area contributed by atoms with Crippen molar-refractivity contribution in [2.45, 2.75) is 38.7 Å². The average Bonchev–Trinajstić information content (AvgIpc) is 2.81. The van der Waals surface area contributed by atoms with E-state index in [1.165, 1.54) is 25.7 Å². The van der Waals surface area contributed by atoms with Crippen LogP contribution in [0.25, 0.3) is 0 Å². The van der Waals surface area contributed by atoms with E-state index in [4.69, 9.17) is 10.5 Å². The average molecular weight is 229 g/mol. The third-order valence-corrected chi connectivity index (χ3v) is 3.13. The molecule has 0 bridgehead atoms. The summed E-state index contributed by atoms with van der Waals surface area (Å²) < 4.78 is 5.94. The van der Waals surface area contributed by atoms with Crippen LogP contribution < -0.4 is 10.5 Å². The molecule has 0 radical (unpaired) electrons. The Morgan fingerprint density at radius 2 is 2.12 bits per heavy atom. The molecule has 0 heterocycles. The summed E-state index contributed by atoms with van der Waals surface area (Å²) in [7, 11) is 0. The SMILES string of the molecule is Cc1cc(OC2CCCC2)ccc1C#CCN. The van der Waals surface area contributed by atoms with E-state index in [9.17, 15) is 0 Å². The molecule has 17 heavy (non-hydrogen) atoms. The molecule has 1 saturated carbocycles. The first-order valence-electron chi connectivity index (χ1n) is 6.26. The summed E-state index contributed by atoms with van der Waals surface area (Å²) in [4.78, 5) is 0. The van der Waals surface area contributed by atoms with Crippen molar-refractivity contribution >= 4 is 0 Å². The minimum Gasteiger partial charge on any atom is -0.490 e. The van der Waals surface area contributed by atoms with Gasteiger partial charge in [-0.3, -0.25) is 0 Å². The number of hydrogen-bond acceptors (Lipinski definition) is 2. The highest BCUT2D eigenvalue weighted by Gasteiger charge is 2.16. The van der Waals surface area contributed by atoms with Crippen molar-refractivity contribution in [1.29, 1.82) is 0 Å². The Kier molecular flexibility index (Phi) is 4.06. The van der Waals surface area contributed by atoms with E-state index < -0.39 is 0 Å². The molecule has 1 aromatic carbocycles. The molecule has 2 N–H and O–H groups in total. The fourth-order valence-electron chi connectivity index (χ4n) is 2.19. The molecule has 2 heteroatoms. The van der Waals surface area contributed by atoms with Crippen LogP contribution in [0.15, 0.2) is 18.2 Å². The lowest BCUT2D eigenvalue weighted by molar-refractivity contribution is 0.210. The molecule has 0 aromatic heterocycles. The van der Waals surface area contributed by atoms with E-state index in [1.54, 1.807) is 0 Å². The summed E-state index contributed by atoms with van der Waals surface area (Å²) in [5, 5.41) is 0. The Balaban J connectivity index is 2.07. The van der Waals surface area contributed by atoms with Crippen molar-refractivity contribution in [3.8, 4) is 17.6 Å². The van der Waals surface area contributed by atoms with Crippen molar-refractivity contribution in [2.24, 2.45) is 5.73 Å². The Labute approximate surface area is 103 Å². The van der Waals surface area contributed by atoms with E-state index in [2.05, 4.69) is 24.8 Å². The van der Waals surface area contributed by atoms with Crippen LogP contribution in [-0.2, 0) is 0 Å². The molecule has 2 nitrogen and oxygen atoms in total. The molecule has 0 saturated heterocycles. The van der Waals surface area contributed by atoms with Crippen LogP contribution in [0, 0.1) is 18.8 Å². The van der Waals surface area contributed by atoms with Crippen LogP contribution in [-0.4, -0.2) is 12.6 Å². The second kappa shape index (κ2) is 5.75. The van der Waals surface area contributed by atoms with Gasteiger partial charge in [-0.1, -0.05) is 11.8 Å². The first-order chi connectivity index (χ1) is 8.29. The maximum absolute atomic E-state index is 5.94. The zero-order valence-electron chi connectivity index (χ0n) is 10.3. The second-order valence-corrected chi connectivity index (χ2v) is 4.51. The van der Waals surface area contributed by atoms with Crippen LogP contribution in [0.1, 0.15) is 36.8 Å². The summed E-state index contributed by atoms with van der Waals surface area (Å²) in [6.45, 7) is 2.46. The van der Waals surface area contributed by atoms with Gasteiger partial charge in [0, 0.05) is 5.56 Å². The largest absolute Gasteiger partial charge is 0.490 e. The first-order valence-corrected chi connectivity index (χ1v) is 6.26. The molecule has 1 aromatic rings. The lowest BCUT2D eigenvalue weighted by Crippen LogP contribution is -2.10. The number of hydrogen-bond donors (Lipinski definition) is 1. The molecule has 0 unspecified atom stereocenters. The van der Waals surface area contributed by atoms with Gasteiger partial charge in [0.2, 0.25) is 0 Å². The fourth-order valence-corrected chi connectivity index (χ4v) is 2.19. The predicted molar refractivity (Wildman–Crippen MR) is 70.0 cm³/mol. The van der Waals surface area contributed by atoms with Gasteiger partial charge in [-0.25, -0.2) is 0 Å². The van der Waals surface area contributed by atoms with Crippen LogP contribution in [0.2, 0.25) is 0 Å². The molecular weight excluding hydrogens is 210 g/mol. The van der Waals surface area contributed by atoms with E-state index in [0.717, 1.165) is 16.9 Å². The number of aryl methyl sites for hydroxylation is 1. The fraction of sp³-hybridized carbons (Fsp3) is 0.467. The van der Waals surface area contributed by atoms with Gasteiger partial charge in [-0.05, 0) is 56.4 Å². The highest BCUT2D eigenvalue weighted by molar-refractivity contribution is 5.44. The third kappa shape index (κ3) is 3.25. The van der Waals surface area contributed by atoms with E-state index in [0.29, 0.717) is 12.6 Å². The van der Waals surface area contributed by atoms with Gasteiger partial charge in [0.15, 0.2) is 0 Å². The number of nitrogens with two attached hydrogens (primary N) is 1. The van der Waals surface area contributed by atoms with Gasteiger partial charge in [0.05, 0.1) is 12.6 Å². The molecule has 1 fully saturated rings. The van der Waals surface area contributed by atoms with Crippen LogP contribution in [0.4, 0.5) is 0 Å². The Hall–Kier alpha value is -1.46. The van der Waals surface area contributed by atoms with E-state index >= 15 is 0 Å². The molecule has 2 rings (SSSR count). The first kappa shape index (κ1) is 12.0. The topological polar surface area (TPSA) is 35.2 Å². The molecule has 0 aliphatic heterocycles. The zero-order valence-corrected chi connectivity index (χ0v) is 10.3. The van der Waals surface area contributed by atoms with Crippen molar-refractivity contribution in [3.05, 3.63) is 29.3 Å². The van der Waals surface area contributed by atoms with Gasteiger partial charge < -0.3 is 10.5 Å². The van der Waals surface area contributed by atoms with Gasteiger partial charge in [-0.15, -0.1) is 0 Å². The summed E-state index contributed by atoms with van der Waals surface area (Å²) in [5.41, 5.74) is 7.56. The van der Waals surface area contributed by atoms with Gasteiger partial charge >= 0.3 is 0 Å². The predicted octanol–water partition coefficient (Wildman–Crippen LogP) is 2.63. The Morgan fingerprint density at radius 1 is 1.35 bits per heavy atom. The number of benzene rings is 1. The quantitative estimate of drug-likeness (QED) is 0.791. The Morgan fingerprint density at radius 3 is 2.76 bits per heavy atom. The Bertz CT molecular complexity index is 436. The highest BCUT2D eigenvalue weighted by atomic mass is 16.5. The van der Waals surface area contributed by atoms with Crippen LogP contribution >= 0.6 is 0 Å². The van der Waals surface area contributed by atoms with Crippen molar-refractivity contribution in [1.82, 2.24) is 0 Å². The summed E-state index contributed by atoms with van der Waals surface area (Å²) in [6, 6.07) is 6.09. The highest BCUT2D eigenvalue weighted by Crippen LogP contribution is 2.25. The maximum Gasteiger partial charge on any atom is 0.120 e. The number of ether oxygens (including phenoxy) is 1. The molecule has 0 amide bonds. The smallest absolute Gasteiger partial charge is 0.120 e. The standard InChI is InChI=1S/C15H19NO/c1-12-11-15(17-14-6-2-3-7-14)9-8-13(12)5-4-10-16/h8-9,11,14H,2-3,6-7,10,16H2,1H3. The zero-order chi connectivity index (χ0) is 12.1. The van der Waals surface area contributed by atoms with E-state index in [-0.39, 0.29) is 0 Å². The molecule has 1 aliphatic rings. The molecule has 1 aliphatic carbocycles. The minimum absolute atomic E-state index is 0.403. The van der Waals surface area contributed by atoms with Crippen LogP contribution in [0.3, 0.4) is 0 Å². The van der Waals surface area contributed by atoms with Crippen molar-refractivity contribution in [3.63, 3.8) is 0 Å². The van der Waals surface area contributed by atoms with Crippen LogP contribution in [0.5, 0.6) is 5.75 Å². The normalized spacial score (nSPS) is 15.4. The molecule has 0 atom stereocenters. The molecular formula is C15H19NO. The molecule has 0 spiro atoms. The van der Waals surface area contributed by atoms with Gasteiger partial charge in [0.25, 0.3) is 0 Å².